The second-order valence-corrected chi connectivity index (χ2v) is 8.68. The van der Waals surface area contributed by atoms with Crippen LogP contribution in [0.1, 0.15) is 18.5 Å². The molecule has 174 valence electrons. The molecule has 0 aliphatic carbocycles. The number of H-pyrrole nitrogens is 1. The number of nitrogens with one attached hydrogen (secondary N) is 2. The van der Waals surface area contributed by atoms with Crippen LogP contribution in [0, 0.1) is 12.8 Å². The molecule has 1 aliphatic rings. The fraction of sp³-hybridized carbons (Fsp3) is 0.360. The van der Waals surface area contributed by atoms with Crippen LogP contribution in [0.5, 0.6) is 11.5 Å². The molecular formula is C25H30ClN5O2. The van der Waals surface area contributed by atoms with Crippen molar-refractivity contribution in [2.45, 2.75) is 19.8 Å². The maximum Gasteiger partial charge on any atom is 0.163 e. The standard InChI is InChI=1S/C25H29N5O2.ClH/c1-16-10-18-11-19(4-5-21(18)28-16)29-25-20-12-23(31-3)24(13-22(20)26-15-27-25)32-14-17-6-8-30(2)9-7-17;/h4-5,10-13,15,17,28H,6-9,14H2,1-3H3,(H,26,27,29);1H. The average Bonchev–Trinajstić information content (AvgIpc) is 3.17. The van der Waals surface area contributed by atoms with Crippen molar-refractivity contribution in [3.05, 3.63) is 48.4 Å². The lowest BCUT2D eigenvalue weighted by Crippen LogP contribution is -2.32. The van der Waals surface area contributed by atoms with E-state index >= 15 is 0 Å². The number of benzene rings is 2. The Hall–Kier alpha value is -3.03. The third-order valence-corrected chi connectivity index (χ3v) is 6.25. The third-order valence-electron chi connectivity index (χ3n) is 6.25. The van der Waals surface area contributed by atoms with Crippen molar-refractivity contribution in [1.82, 2.24) is 19.9 Å². The number of halogens is 1. The Morgan fingerprint density at radius 2 is 1.91 bits per heavy atom. The Labute approximate surface area is 199 Å². The number of piperidine rings is 1. The van der Waals surface area contributed by atoms with Crippen LogP contribution in [-0.2, 0) is 0 Å². The van der Waals surface area contributed by atoms with Crippen molar-refractivity contribution < 1.29 is 9.47 Å². The van der Waals surface area contributed by atoms with Crippen molar-refractivity contribution in [2.75, 3.05) is 39.2 Å². The molecule has 0 amide bonds. The number of aryl methyl sites for hydroxylation is 1. The van der Waals surface area contributed by atoms with Crippen LogP contribution in [0.4, 0.5) is 11.5 Å². The van der Waals surface area contributed by atoms with Gasteiger partial charge in [0.15, 0.2) is 11.5 Å². The second kappa shape index (κ2) is 9.85. The largest absolute Gasteiger partial charge is 0.493 e. The normalized spacial score (nSPS) is 14.9. The number of hydrogen-bond acceptors (Lipinski definition) is 6. The summed E-state index contributed by atoms with van der Waals surface area (Å²) in [4.78, 5) is 14.7. The Bertz CT molecular complexity index is 1250. The van der Waals surface area contributed by atoms with Gasteiger partial charge in [-0.15, -0.1) is 12.4 Å². The van der Waals surface area contributed by atoms with Gasteiger partial charge in [-0.1, -0.05) is 0 Å². The number of rotatable bonds is 6. The average molecular weight is 468 g/mol. The van der Waals surface area contributed by atoms with E-state index in [-0.39, 0.29) is 12.4 Å². The highest BCUT2D eigenvalue weighted by molar-refractivity contribution is 5.94. The van der Waals surface area contributed by atoms with Gasteiger partial charge in [-0.05, 0) is 76.2 Å². The number of likely N-dealkylation sites (tertiary alicyclic amines) is 1. The quantitative estimate of drug-likeness (QED) is 0.400. The van der Waals surface area contributed by atoms with Gasteiger partial charge in [0.25, 0.3) is 0 Å². The summed E-state index contributed by atoms with van der Waals surface area (Å²) in [7, 11) is 3.84. The van der Waals surface area contributed by atoms with Crippen molar-refractivity contribution in [3.8, 4) is 11.5 Å². The van der Waals surface area contributed by atoms with E-state index in [1.807, 2.05) is 18.2 Å². The van der Waals surface area contributed by atoms with Crippen LogP contribution in [0.2, 0.25) is 0 Å². The Balaban J connectivity index is 0.00000259. The second-order valence-electron chi connectivity index (χ2n) is 8.68. The summed E-state index contributed by atoms with van der Waals surface area (Å²) >= 11 is 0. The van der Waals surface area contributed by atoms with E-state index in [4.69, 9.17) is 9.47 Å². The highest BCUT2D eigenvalue weighted by Crippen LogP contribution is 2.35. The molecule has 0 spiro atoms. The molecule has 2 N–H and O–H groups in total. The first kappa shape index (κ1) is 23.1. The van der Waals surface area contributed by atoms with Crippen molar-refractivity contribution in [3.63, 3.8) is 0 Å². The van der Waals surface area contributed by atoms with E-state index in [0.717, 1.165) is 70.7 Å². The summed E-state index contributed by atoms with van der Waals surface area (Å²) in [6, 6.07) is 12.3. The molecule has 2 aromatic carbocycles. The van der Waals surface area contributed by atoms with Crippen LogP contribution < -0.4 is 14.8 Å². The predicted octanol–water partition coefficient (Wildman–Crippen LogP) is 5.31. The summed E-state index contributed by atoms with van der Waals surface area (Å²) in [5, 5.41) is 5.49. The molecule has 2 aromatic heterocycles. The predicted molar refractivity (Wildman–Crippen MR) is 135 cm³/mol. The number of fused-ring (bicyclic) bond motifs is 2. The van der Waals surface area contributed by atoms with Crippen LogP contribution in [0.3, 0.4) is 0 Å². The molecule has 3 heterocycles. The summed E-state index contributed by atoms with van der Waals surface area (Å²) < 4.78 is 11.8. The smallest absolute Gasteiger partial charge is 0.163 e. The maximum absolute atomic E-state index is 6.19. The monoisotopic (exact) mass is 467 g/mol. The van der Waals surface area contributed by atoms with Gasteiger partial charge < -0.3 is 24.7 Å². The van der Waals surface area contributed by atoms with Crippen LogP contribution in [0.25, 0.3) is 21.8 Å². The van der Waals surface area contributed by atoms with Gasteiger partial charge in [-0.2, -0.15) is 0 Å². The van der Waals surface area contributed by atoms with Gasteiger partial charge in [0, 0.05) is 33.7 Å². The van der Waals surface area contributed by atoms with Gasteiger partial charge >= 0.3 is 0 Å². The van der Waals surface area contributed by atoms with E-state index in [9.17, 15) is 0 Å². The topological polar surface area (TPSA) is 75.3 Å². The zero-order chi connectivity index (χ0) is 22.1. The van der Waals surface area contributed by atoms with Gasteiger partial charge in [0.05, 0.1) is 19.2 Å². The summed E-state index contributed by atoms with van der Waals surface area (Å²) in [6.07, 6.45) is 3.90. The van der Waals surface area contributed by atoms with Gasteiger partial charge in [0.2, 0.25) is 0 Å². The lowest BCUT2D eigenvalue weighted by Gasteiger charge is -2.28. The maximum atomic E-state index is 6.19. The lowest BCUT2D eigenvalue weighted by atomic mass is 9.98. The molecule has 0 bridgehead atoms. The molecule has 33 heavy (non-hydrogen) atoms. The number of aromatic amines is 1. The van der Waals surface area contributed by atoms with Crippen molar-refractivity contribution >= 4 is 45.7 Å². The number of methoxy groups -OCH3 is 1. The minimum absolute atomic E-state index is 0. The SMILES string of the molecule is COc1cc2c(Nc3ccc4[nH]c(C)cc4c3)ncnc2cc1OCC1CCN(C)CC1.Cl. The van der Waals surface area contributed by atoms with E-state index in [2.05, 4.69) is 57.3 Å². The van der Waals surface area contributed by atoms with Crippen LogP contribution in [0.15, 0.2) is 42.7 Å². The Morgan fingerprint density at radius 1 is 1.09 bits per heavy atom. The molecular weight excluding hydrogens is 438 g/mol. The Kier molecular flexibility index (Phi) is 6.91. The molecule has 1 fully saturated rings. The van der Waals surface area contributed by atoms with Crippen molar-refractivity contribution in [1.29, 1.82) is 0 Å². The molecule has 1 saturated heterocycles. The van der Waals surface area contributed by atoms with Gasteiger partial charge in [-0.25, -0.2) is 9.97 Å². The van der Waals surface area contributed by atoms with E-state index < -0.39 is 0 Å². The van der Waals surface area contributed by atoms with E-state index in [1.165, 1.54) is 0 Å². The zero-order valence-corrected chi connectivity index (χ0v) is 20.0. The third kappa shape index (κ3) is 4.99. The fourth-order valence-electron chi connectivity index (χ4n) is 4.36. The molecule has 0 saturated carbocycles. The number of hydrogen-bond donors (Lipinski definition) is 2. The highest BCUT2D eigenvalue weighted by Gasteiger charge is 2.19. The first-order valence-corrected chi connectivity index (χ1v) is 11.1. The lowest BCUT2D eigenvalue weighted by molar-refractivity contribution is 0.157. The number of nitrogens with zero attached hydrogens (tertiary/aromatic N) is 3. The molecule has 0 atom stereocenters. The zero-order valence-electron chi connectivity index (χ0n) is 19.2. The molecule has 1 aliphatic heterocycles. The van der Waals surface area contributed by atoms with Gasteiger partial charge in [0.1, 0.15) is 12.1 Å². The minimum atomic E-state index is 0. The number of anilines is 2. The summed E-state index contributed by atoms with van der Waals surface area (Å²) in [6.45, 7) is 5.00. The summed E-state index contributed by atoms with van der Waals surface area (Å²) in [5.74, 6) is 2.73. The van der Waals surface area contributed by atoms with Crippen LogP contribution >= 0.6 is 12.4 Å². The number of ether oxygens (including phenoxy) is 2. The van der Waals surface area contributed by atoms with Gasteiger partial charge in [-0.3, -0.25) is 0 Å². The molecule has 0 unspecified atom stereocenters. The van der Waals surface area contributed by atoms with Crippen LogP contribution in [-0.4, -0.2) is 53.7 Å². The molecule has 4 aromatic rings. The molecule has 0 radical (unpaired) electrons. The van der Waals surface area contributed by atoms with Crippen molar-refractivity contribution in [2.24, 2.45) is 5.92 Å². The molecule has 8 heteroatoms. The van der Waals surface area contributed by atoms with E-state index in [0.29, 0.717) is 18.3 Å². The summed E-state index contributed by atoms with van der Waals surface area (Å²) in [5.41, 5.74) is 4.05. The van der Waals surface area contributed by atoms with E-state index in [1.54, 1.807) is 13.4 Å². The number of aromatic nitrogens is 3. The molecule has 7 nitrogen and oxygen atoms in total. The first-order chi connectivity index (χ1) is 15.6. The minimum Gasteiger partial charge on any atom is -0.493 e. The highest BCUT2D eigenvalue weighted by atomic mass is 35.5. The first-order valence-electron chi connectivity index (χ1n) is 11.1. The molecule has 5 rings (SSSR count). The Morgan fingerprint density at radius 3 is 2.70 bits per heavy atom. The fourth-order valence-corrected chi connectivity index (χ4v) is 4.36.